The number of urea groups is 1. The van der Waals surface area contributed by atoms with Crippen LogP contribution in [0, 0.1) is 5.92 Å². The van der Waals surface area contributed by atoms with Crippen molar-refractivity contribution < 1.29 is 18.8 Å². The van der Waals surface area contributed by atoms with Gasteiger partial charge in [-0.1, -0.05) is 32.0 Å². The minimum absolute atomic E-state index is 0.0509. The second kappa shape index (κ2) is 6.48. The van der Waals surface area contributed by atoms with E-state index in [1.54, 1.807) is 19.1 Å². The number of amides is 4. The second-order valence-corrected chi connectivity index (χ2v) is 7.20. The van der Waals surface area contributed by atoms with Crippen molar-refractivity contribution in [2.45, 2.75) is 39.3 Å². The number of imide groups is 1. The number of nitrogens with one attached hydrogen (secondary N) is 2. The number of para-hydroxylation sites is 1. The number of hydrogen-bond donors (Lipinski definition) is 2. The summed E-state index contributed by atoms with van der Waals surface area (Å²) in [5, 5.41) is 6.29. The van der Waals surface area contributed by atoms with Crippen molar-refractivity contribution in [3.8, 4) is 0 Å². The van der Waals surface area contributed by atoms with E-state index in [0.29, 0.717) is 11.3 Å². The van der Waals surface area contributed by atoms with Gasteiger partial charge in [0.15, 0.2) is 5.54 Å². The van der Waals surface area contributed by atoms with Crippen LogP contribution in [-0.4, -0.2) is 35.3 Å². The topological polar surface area (TPSA) is 91.7 Å². The quantitative estimate of drug-likeness (QED) is 0.804. The molecule has 0 saturated carbocycles. The predicted molar refractivity (Wildman–Crippen MR) is 96.3 cm³/mol. The molecule has 2 unspecified atom stereocenters. The zero-order chi connectivity index (χ0) is 19.1. The lowest BCUT2D eigenvalue weighted by Gasteiger charge is -2.21. The molecule has 0 radical (unpaired) electrons. The number of hydrogen-bond acceptors (Lipinski definition) is 4. The van der Waals surface area contributed by atoms with Crippen molar-refractivity contribution in [2.24, 2.45) is 5.92 Å². The van der Waals surface area contributed by atoms with E-state index >= 15 is 0 Å². The molecular formula is C19H23N3O4. The SMILES string of the molecule is CC(C)C(C)NC(=O)CN1C(=O)NC(C)(c2cc3ccccc3o2)C1=O. The lowest BCUT2D eigenvalue weighted by Crippen LogP contribution is -2.45. The molecule has 0 aliphatic carbocycles. The van der Waals surface area contributed by atoms with Crippen LogP contribution in [0.4, 0.5) is 4.79 Å². The van der Waals surface area contributed by atoms with Crippen LogP contribution >= 0.6 is 0 Å². The Kier molecular flexibility index (Phi) is 4.48. The summed E-state index contributed by atoms with van der Waals surface area (Å²) >= 11 is 0. The molecule has 7 heteroatoms. The summed E-state index contributed by atoms with van der Waals surface area (Å²) in [6.45, 7) is 7.11. The molecule has 2 atom stereocenters. The van der Waals surface area contributed by atoms with E-state index in [1.807, 2.05) is 39.0 Å². The molecule has 2 N–H and O–H groups in total. The van der Waals surface area contributed by atoms with E-state index in [9.17, 15) is 14.4 Å². The van der Waals surface area contributed by atoms with Gasteiger partial charge in [-0.15, -0.1) is 0 Å². The third-order valence-electron chi connectivity index (χ3n) is 4.88. The average Bonchev–Trinajstić information content (AvgIpc) is 3.11. The van der Waals surface area contributed by atoms with E-state index in [0.717, 1.165) is 10.3 Å². The lowest BCUT2D eigenvalue weighted by molar-refractivity contribution is -0.135. The Morgan fingerprint density at radius 2 is 1.96 bits per heavy atom. The smallest absolute Gasteiger partial charge is 0.325 e. The van der Waals surface area contributed by atoms with E-state index < -0.39 is 17.5 Å². The fourth-order valence-corrected chi connectivity index (χ4v) is 2.85. The summed E-state index contributed by atoms with van der Waals surface area (Å²) in [5.41, 5.74) is -0.701. The second-order valence-electron chi connectivity index (χ2n) is 7.20. The standard InChI is InChI=1S/C19H23N3O4/c1-11(2)12(3)20-16(23)10-22-17(24)19(4,21-18(22)25)15-9-13-7-5-6-8-14(13)26-15/h5-9,11-12H,10H2,1-4H3,(H,20,23)(H,21,25). The van der Waals surface area contributed by atoms with Crippen LogP contribution in [0.5, 0.6) is 0 Å². The summed E-state index contributed by atoms with van der Waals surface area (Å²) in [6.07, 6.45) is 0. The van der Waals surface area contributed by atoms with Crippen molar-refractivity contribution in [2.75, 3.05) is 6.54 Å². The van der Waals surface area contributed by atoms with E-state index in [2.05, 4.69) is 10.6 Å². The number of nitrogens with zero attached hydrogens (tertiary/aromatic N) is 1. The largest absolute Gasteiger partial charge is 0.458 e. The van der Waals surface area contributed by atoms with Crippen LogP contribution in [-0.2, 0) is 15.1 Å². The molecule has 0 bridgehead atoms. The third kappa shape index (κ3) is 3.05. The molecule has 2 heterocycles. The van der Waals surface area contributed by atoms with Gasteiger partial charge in [-0.3, -0.25) is 14.5 Å². The number of carbonyl (C=O) groups excluding carboxylic acids is 3. The van der Waals surface area contributed by atoms with Crippen molar-refractivity contribution >= 4 is 28.8 Å². The summed E-state index contributed by atoms with van der Waals surface area (Å²) in [4.78, 5) is 38.3. The van der Waals surface area contributed by atoms with Gasteiger partial charge in [0.05, 0.1) is 0 Å². The van der Waals surface area contributed by atoms with Gasteiger partial charge in [0, 0.05) is 11.4 Å². The highest BCUT2D eigenvalue weighted by Crippen LogP contribution is 2.32. The fourth-order valence-electron chi connectivity index (χ4n) is 2.85. The van der Waals surface area contributed by atoms with Crippen LogP contribution in [0.15, 0.2) is 34.7 Å². The molecule has 26 heavy (non-hydrogen) atoms. The zero-order valence-corrected chi connectivity index (χ0v) is 15.3. The highest BCUT2D eigenvalue weighted by molar-refractivity contribution is 6.09. The fraction of sp³-hybridized carbons (Fsp3) is 0.421. The van der Waals surface area contributed by atoms with E-state index in [4.69, 9.17) is 4.42 Å². The molecule has 3 rings (SSSR count). The molecule has 2 aromatic rings. The van der Waals surface area contributed by atoms with Crippen LogP contribution in [0.2, 0.25) is 0 Å². The van der Waals surface area contributed by atoms with Gasteiger partial charge in [-0.05, 0) is 31.9 Å². The third-order valence-corrected chi connectivity index (χ3v) is 4.88. The first kappa shape index (κ1) is 18.0. The lowest BCUT2D eigenvalue weighted by atomic mass is 9.99. The molecular weight excluding hydrogens is 334 g/mol. The predicted octanol–water partition coefficient (Wildman–Crippen LogP) is 2.36. The molecule has 1 aliphatic heterocycles. The van der Waals surface area contributed by atoms with E-state index in [-0.39, 0.29) is 24.4 Å². The first-order valence-corrected chi connectivity index (χ1v) is 8.65. The Morgan fingerprint density at radius 1 is 1.27 bits per heavy atom. The zero-order valence-electron chi connectivity index (χ0n) is 15.3. The van der Waals surface area contributed by atoms with Gasteiger partial charge in [0.25, 0.3) is 5.91 Å². The van der Waals surface area contributed by atoms with Crippen LogP contribution in [0.25, 0.3) is 11.0 Å². The number of rotatable bonds is 5. The molecule has 1 aromatic heterocycles. The summed E-state index contributed by atoms with van der Waals surface area (Å²) in [6, 6.07) is 8.44. The molecule has 1 fully saturated rings. The van der Waals surface area contributed by atoms with Gasteiger partial charge in [-0.25, -0.2) is 4.79 Å². The van der Waals surface area contributed by atoms with Crippen LogP contribution < -0.4 is 10.6 Å². The van der Waals surface area contributed by atoms with Crippen molar-refractivity contribution in [3.63, 3.8) is 0 Å². The Labute approximate surface area is 151 Å². The summed E-state index contributed by atoms with van der Waals surface area (Å²) in [5.74, 6) is -0.282. The molecule has 1 saturated heterocycles. The van der Waals surface area contributed by atoms with Gasteiger partial charge in [-0.2, -0.15) is 0 Å². The number of benzene rings is 1. The number of carbonyl (C=O) groups is 3. The summed E-state index contributed by atoms with van der Waals surface area (Å²) in [7, 11) is 0. The molecule has 4 amide bonds. The molecule has 138 valence electrons. The van der Waals surface area contributed by atoms with Crippen LogP contribution in [0.1, 0.15) is 33.5 Å². The molecule has 1 aromatic carbocycles. The first-order valence-electron chi connectivity index (χ1n) is 8.65. The highest BCUT2D eigenvalue weighted by atomic mass is 16.3. The number of fused-ring (bicyclic) bond motifs is 1. The molecule has 7 nitrogen and oxygen atoms in total. The Hall–Kier alpha value is -2.83. The van der Waals surface area contributed by atoms with Gasteiger partial charge >= 0.3 is 6.03 Å². The van der Waals surface area contributed by atoms with Crippen molar-refractivity contribution in [1.82, 2.24) is 15.5 Å². The highest BCUT2D eigenvalue weighted by Gasteiger charge is 2.51. The Balaban J connectivity index is 1.80. The normalized spacial score (nSPS) is 21.3. The summed E-state index contributed by atoms with van der Waals surface area (Å²) < 4.78 is 5.76. The van der Waals surface area contributed by atoms with E-state index in [1.165, 1.54) is 0 Å². The monoisotopic (exact) mass is 357 g/mol. The minimum atomic E-state index is -1.33. The van der Waals surface area contributed by atoms with Gasteiger partial charge in [0.1, 0.15) is 17.9 Å². The molecule has 0 spiro atoms. The maximum atomic E-state index is 12.9. The maximum Gasteiger partial charge on any atom is 0.325 e. The Morgan fingerprint density at radius 3 is 2.62 bits per heavy atom. The average molecular weight is 357 g/mol. The van der Waals surface area contributed by atoms with Crippen molar-refractivity contribution in [3.05, 3.63) is 36.1 Å². The van der Waals surface area contributed by atoms with Gasteiger partial charge in [0.2, 0.25) is 5.91 Å². The minimum Gasteiger partial charge on any atom is -0.458 e. The first-order chi connectivity index (χ1) is 12.2. The van der Waals surface area contributed by atoms with Crippen molar-refractivity contribution in [1.29, 1.82) is 0 Å². The maximum absolute atomic E-state index is 12.9. The molecule has 1 aliphatic rings. The number of furan rings is 1. The van der Waals surface area contributed by atoms with Gasteiger partial charge < -0.3 is 15.1 Å². The Bertz CT molecular complexity index is 840. The van der Waals surface area contributed by atoms with Crippen LogP contribution in [0.3, 0.4) is 0 Å².